The van der Waals surface area contributed by atoms with E-state index in [-0.39, 0.29) is 11.9 Å². The molecule has 4 aromatic carbocycles. The molecule has 5 aromatic rings. The minimum atomic E-state index is -0.0956. The maximum atomic E-state index is 14.2. The molecule has 1 fully saturated rings. The number of para-hydroxylation sites is 1. The third-order valence-corrected chi connectivity index (χ3v) is 8.21. The predicted molar refractivity (Wildman–Crippen MR) is 169 cm³/mol. The second-order valence-corrected chi connectivity index (χ2v) is 10.8. The van der Waals surface area contributed by atoms with Gasteiger partial charge in [-0.25, -0.2) is 4.68 Å². The van der Waals surface area contributed by atoms with Gasteiger partial charge in [0.05, 0.1) is 36.7 Å². The van der Waals surface area contributed by atoms with Crippen molar-refractivity contribution < 1.29 is 14.3 Å². The van der Waals surface area contributed by atoms with Crippen molar-refractivity contribution in [2.24, 2.45) is 0 Å². The molecule has 218 valence electrons. The number of piperazine rings is 1. The molecule has 2 heterocycles. The summed E-state index contributed by atoms with van der Waals surface area (Å²) in [6.45, 7) is 2.65. The lowest BCUT2D eigenvalue weighted by Gasteiger charge is -2.39. The molecular weight excluding hydrogens is 560 g/mol. The van der Waals surface area contributed by atoms with Crippen LogP contribution in [0.2, 0.25) is 5.02 Å². The Labute approximate surface area is 256 Å². The molecule has 0 bridgehead atoms. The van der Waals surface area contributed by atoms with Crippen LogP contribution >= 0.6 is 11.6 Å². The highest BCUT2D eigenvalue weighted by atomic mass is 35.5. The Morgan fingerprint density at radius 2 is 1.40 bits per heavy atom. The largest absolute Gasteiger partial charge is 0.497 e. The maximum Gasteiger partial charge on any atom is 0.272 e. The van der Waals surface area contributed by atoms with Crippen molar-refractivity contribution >= 4 is 17.5 Å². The molecule has 8 heteroatoms. The van der Waals surface area contributed by atoms with E-state index in [1.807, 2.05) is 53.4 Å². The number of carbonyl (C=O) groups is 1. The summed E-state index contributed by atoms with van der Waals surface area (Å²) in [5.74, 6) is 1.18. The molecule has 0 aliphatic carbocycles. The van der Waals surface area contributed by atoms with Gasteiger partial charge in [-0.1, -0.05) is 84.4 Å². The van der Waals surface area contributed by atoms with E-state index >= 15 is 0 Å². The van der Waals surface area contributed by atoms with Crippen LogP contribution in [0.4, 0.5) is 0 Å². The number of methoxy groups -OCH3 is 2. The lowest BCUT2D eigenvalue weighted by Crippen LogP contribution is -2.50. The summed E-state index contributed by atoms with van der Waals surface area (Å²) in [5.41, 5.74) is 4.91. The van der Waals surface area contributed by atoms with Gasteiger partial charge in [0.2, 0.25) is 0 Å². The van der Waals surface area contributed by atoms with Gasteiger partial charge in [0.25, 0.3) is 5.91 Å². The van der Waals surface area contributed by atoms with Gasteiger partial charge < -0.3 is 14.4 Å². The van der Waals surface area contributed by atoms with Crippen molar-refractivity contribution in [1.29, 1.82) is 0 Å². The van der Waals surface area contributed by atoms with Crippen molar-refractivity contribution in [1.82, 2.24) is 19.6 Å². The first kappa shape index (κ1) is 28.5. The molecule has 0 spiro atoms. The highest BCUT2D eigenvalue weighted by Crippen LogP contribution is 2.35. The predicted octanol–water partition coefficient (Wildman–Crippen LogP) is 6.76. The second-order valence-electron chi connectivity index (χ2n) is 10.4. The van der Waals surface area contributed by atoms with Crippen molar-refractivity contribution in [2.45, 2.75) is 6.04 Å². The van der Waals surface area contributed by atoms with E-state index in [1.54, 1.807) is 31.0 Å². The van der Waals surface area contributed by atoms with Crippen LogP contribution in [0, 0.1) is 0 Å². The highest BCUT2D eigenvalue weighted by Gasteiger charge is 2.31. The van der Waals surface area contributed by atoms with Gasteiger partial charge in [-0.2, -0.15) is 5.10 Å². The van der Waals surface area contributed by atoms with Gasteiger partial charge in [0, 0.05) is 37.8 Å². The molecule has 1 aliphatic heterocycles. The van der Waals surface area contributed by atoms with Crippen LogP contribution < -0.4 is 9.47 Å². The van der Waals surface area contributed by atoms with Crippen LogP contribution in [0.3, 0.4) is 0 Å². The van der Waals surface area contributed by atoms with E-state index in [2.05, 4.69) is 53.4 Å². The summed E-state index contributed by atoms with van der Waals surface area (Å²) in [7, 11) is 3.21. The van der Waals surface area contributed by atoms with Crippen LogP contribution in [0.25, 0.3) is 16.9 Å². The minimum absolute atomic E-state index is 0.0956. The fourth-order valence-electron chi connectivity index (χ4n) is 5.71. The first-order valence-corrected chi connectivity index (χ1v) is 14.7. The maximum absolute atomic E-state index is 14.2. The molecule has 0 unspecified atom stereocenters. The molecule has 0 radical (unpaired) electrons. The summed E-state index contributed by atoms with van der Waals surface area (Å²) in [6.07, 6.45) is 0. The van der Waals surface area contributed by atoms with Crippen molar-refractivity contribution in [2.75, 3.05) is 40.4 Å². The third kappa shape index (κ3) is 5.87. The number of aromatic nitrogens is 2. The number of ether oxygens (including phenoxy) is 2. The highest BCUT2D eigenvalue weighted by molar-refractivity contribution is 6.32. The monoisotopic (exact) mass is 592 g/mol. The molecule has 6 rings (SSSR count). The second kappa shape index (κ2) is 12.7. The lowest BCUT2D eigenvalue weighted by molar-refractivity contribution is 0.0589. The van der Waals surface area contributed by atoms with Crippen LogP contribution in [0.5, 0.6) is 11.5 Å². The number of hydrogen-bond acceptors (Lipinski definition) is 5. The van der Waals surface area contributed by atoms with Gasteiger partial charge in [-0.05, 0) is 41.5 Å². The van der Waals surface area contributed by atoms with E-state index in [1.165, 1.54) is 11.1 Å². The Kier molecular flexibility index (Phi) is 8.45. The van der Waals surface area contributed by atoms with Gasteiger partial charge in [-0.15, -0.1) is 0 Å². The number of hydrogen-bond donors (Lipinski definition) is 0. The van der Waals surface area contributed by atoms with E-state index < -0.39 is 0 Å². The first-order valence-electron chi connectivity index (χ1n) is 14.3. The molecular formula is C35H33ClN4O3. The van der Waals surface area contributed by atoms with Crippen molar-refractivity contribution in [3.63, 3.8) is 0 Å². The van der Waals surface area contributed by atoms with Crippen molar-refractivity contribution in [3.05, 3.63) is 131 Å². The van der Waals surface area contributed by atoms with Crippen LogP contribution in [-0.2, 0) is 0 Å². The molecule has 0 saturated carbocycles. The third-order valence-electron chi connectivity index (χ3n) is 7.89. The van der Waals surface area contributed by atoms with Crippen molar-refractivity contribution in [3.8, 4) is 28.4 Å². The summed E-state index contributed by atoms with van der Waals surface area (Å²) < 4.78 is 12.7. The van der Waals surface area contributed by atoms with E-state index in [0.29, 0.717) is 46.7 Å². The summed E-state index contributed by atoms with van der Waals surface area (Å²) >= 11 is 6.61. The molecule has 1 amide bonds. The standard InChI is InChI=1S/C35H33ClN4O3/c1-42-27-17-18-28(33(23-27)43-2)30-24-32(40(37-30)31-16-10-9-15-29(31)36)35(41)39-21-19-38(20-22-39)34(25-11-5-3-6-12-25)26-13-7-4-8-14-26/h3-18,23-24,34H,19-22H2,1-2H3. The number of rotatable bonds is 8. The molecule has 0 atom stereocenters. The van der Waals surface area contributed by atoms with E-state index in [9.17, 15) is 4.79 Å². The first-order chi connectivity index (χ1) is 21.1. The normalized spacial score (nSPS) is 13.7. The lowest BCUT2D eigenvalue weighted by atomic mass is 9.96. The zero-order chi connectivity index (χ0) is 29.8. The number of carbonyl (C=O) groups excluding carboxylic acids is 1. The van der Waals surface area contributed by atoms with Crippen LogP contribution in [0.15, 0.2) is 109 Å². The average Bonchev–Trinajstić information content (AvgIpc) is 3.51. The molecule has 43 heavy (non-hydrogen) atoms. The molecule has 7 nitrogen and oxygen atoms in total. The quantitative estimate of drug-likeness (QED) is 0.199. The average molecular weight is 593 g/mol. The Hall–Kier alpha value is -4.59. The molecule has 1 aromatic heterocycles. The van der Waals surface area contributed by atoms with Gasteiger partial charge in [-0.3, -0.25) is 9.69 Å². The Balaban J connectivity index is 1.31. The number of halogens is 1. The van der Waals surface area contributed by atoms with Gasteiger partial charge in [0.1, 0.15) is 17.2 Å². The number of amides is 1. The topological polar surface area (TPSA) is 59.8 Å². The number of benzene rings is 4. The van der Waals surface area contributed by atoms with E-state index in [0.717, 1.165) is 18.7 Å². The smallest absolute Gasteiger partial charge is 0.272 e. The van der Waals surface area contributed by atoms with Gasteiger partial charge in [0.15, 0.2) is 0 Å². The Morgan fingerprint density at radius 1 is 0.767 bits per heavy atom. The summed E-state index contributed by atoms with van der Waals surface area (Å²) in [5, 5.41) is 5.37. The van der Waals surface area contributed by atoms with Crippen LogP contribution in [0.1, 0.15) is 27.7 Å². The molecule has 0 N–H and O–H groups in total. The zero-order valence-electron chi connectivity index (χ0n) is 24.2. The van der Waals surface area contributed by atoms with Crippen LogP contribution in [-0.4, -0.2) is 65.9 Å². The zero-order valence-corrected chi connectivity index (χ0v) is 24.9. The van der Waals surface area contributed by atoms with E-state index in [4.69, 9.17) is 26.2 Å². The minimum Gasteiger partial charge on any atom is -0.497 e. The molecule has 1 aliphatic rings. The Morgan fingerprint density at radius 3 is 2.00 bits per heavy atom. The fraction of sp³-hybridized carbons (Fsp3) is 0.200. The SMILES string of the molecule is COc1ccc(-c2cc(C(=O)N3CCN(C(c4ccccc4)c4ccccc4)CC3)n(-c3ccccc3Cl)n2)c(OC)c1. The molecule has 1 saturated heterocycles. The summed E-state index contributed by atoms with van der Waals surface area (Å²) in [4.78, 5) is 18.5. The van der Waals surface area contributed by atoms with Gasteiger partial charge >= 0.3 is 0 Å². The fourth-order valence-corrected chi connectivity index (χ4v) is 5.93. The number of nitrogens with zero attached hydrogens (tertiary/aromatic N) is 4. The summed E-state index contributed by atoms with van der Waals surface area (Å²) in [6, 6.07) is 36.0. The Bertz CT molecular complexity index is 1660.